The van der Waals surface area contributed by atoms with E-state index in [4.69, 9.17) is 14.7 Å². The number of oxime groups is 1. The largest absolute Gasteiger partial charge is 0.496 e. The number of methoxy groups -OCH3 is 1. The molecule has 2 aromatic carbocycles. The molecule has 22 heavy (non-hydrogen) atoms. The third kappa shape index (κ3) is 3.81. The number of rotatable bonds is 5. The summed E-state index contributed by atoms with van der Waals surface area (Å²) in [7, 11) is 1.66. The van der Waals surface area contributed by atoms with E-state index in [1.807, 2.05) is 30.3 Å². The molecule has 0 saturated heterocycles. The van der Waals surface area contributed by atoms with Crippen molar-refractivity contribution in [1.29, 1.82) is 0 Å². The summed E-state index contributed by atoms with van der Waals surface area (Å²) >= 11 is 6.93. The second kappa shape index (κ2) is 7.65. The van der Waals surface area contributed by atoms with E-state index >= 15 is 0 Å². The van der Waals surface area contributed by atoms with Crippen LogP contribution in [0.25, 0.3) is 0 Å². The van der Waals surface area contributed by atoms with Crippen molar-refractivity contribution < 1.29 is 14.7 Å². The first-order valence-corrected chi connectivity index (χ1v) is 8.18. The Morgan fingerprint density at radius 2 is 1.86 bits per heavy atom. The molecule has 0 saturated carbocycles. The van der Waals surface area contributed by atoms with Gasteiger partial charge >= 0.3 is 0 Å². The van der Waals surface area contributed by atoms with E-state index in [0.29, 0.717) is 5.75 Å². The average Bonchev–Trinajstić information content (AvgIpc) is 2.51. The van der Waals surface area contributed by atoms with Gasteiger partial charge in [-0.05, 0) is 79.7 Å². The van der Waals surface area contributed by atoms with Crippen molar-refractivity contribution in [3.8, 4) is 17.2 Å². The molecule has 0 spiro atoms. The summed E-state index contributed by atoms with van der Waals surface area (Å²) in [4.78, 5) is 0. The average molecular weight is 429 g/mol. The fraction of sp³-hybridized carbons (Fsp3) is 0.188. The molecule has 0 bridgehead atoms. The molecule has 0 aliphatic heterocycles. The summed E-state index contributed by atoms with van der Waals surface area (Å²) < 4.78 is 12.8. The van der Waals surface area contributed by atoms with Crippen molar-refractivity contribution in [2.75, 3.05) is 7.11 Å². The molecule has 0 heterocycles. The van der Waals surface area contributed by atoms with E-state index in [2.05, 4.69) is 43.9 Å². The Bertz CT molecular complexity index is 679. The molecule has 1 N–H and O–H groups in total. The van der Waals surface area contributed by atoms with E-state index in [1.165, 1.54) is 6.21 Å². The van der Waals surface area contributed by atoms with Crippen LogP contribution in [0.3, 0.4) is 0 Å². The predicted molar refractivity (Wildman–Crippen MR) is 93.7 cm³/mol. The van der Waals surface area contributed by atoms with Crippen LogP contribution in [-0.2, 0) is 6.42 Å². The van der Waals surface area contributed by atoms with Crippen LogP contribution in [0.4, 0.5) is 0 Å². The molecule has 0 radical (unpaired) electrons. The number of hydrogen-bond acceptors (Lipinski definition) is 4. The second-order valence-corrected chi connectivity index (χ2v) is 6.20. The Morgan fingerprint density at radius 3 is 2.41 bits per heavy atom. The van der Waals surface area contributed by atoms with Crippen LogP contribution in [0.15, 0.2) is 44.4 Å². The van der Waals surface area contributed by atoms with Crippen LogP contribution in [-0.4, -0.2) is 18.5 Å². The third-order valence-corrected chi connectivity index (χ3v) is 4.26. The maximum atomic E-state index is 8.61. The maximum absolute atomic E-state index is 8.61. The zero-order valence-corrected chi connectivity index (χ0v) is 15.3. The van der Waals surface area contributed by atoms with Crippen LogP contribution in [0.5, 0.6) is 17.2 Å². The third-order valence-electron chi connectivity index (χ3n) is 3.08. The van der Waals surface area contributed by atoms with Crippen LogP contribution < -0.4 is 9.47 Å². The smallest absolute Gasteiger partial charge is 0.155 e. The summed E-state index contributed by atoms with van der Waals surface area (Å²) in [5.74, 6) is 2.23. The normalized spacial score (nSPS) is 10.9. The molecule has 116 valence electrons. The van der Waals surface area contributed by atoms with Crippen molar-refractivity contribution >= 4 is 38.1 Å². The molecule has 0 aromatic heterocycles. The van der Waals surface area contributed by atoms with Crippen LogP contribution in [0, 0.1) is 0 Å². The van der Waals surface area contributed by atoms with Crippen molar-refractivity contribution in [3.63, 3.8) is 0 Å². The van der Waals surface area contributed by atoms with Gasteiger partial charge in [-0.15, -0.1) is 0 Å². The highest BCUT2D eigenvalue weighted by atomic mass is 79.9. The van der Waals surface area contributed by atoms with Gasteiger partial charge in [0.1, 0.15) is 11.5 Å². The van der Waals surface area contributed by atoms with Gasteiger partial charge < -0.3 is 14.7 Å². The Hall–Kier alpha value is -1.53. The number of nitrogens with zero attached hydrogens (tertiary/aromatic N) is 1. The molecule has 2 aromatic rings. The number of halogens is 2. The van der Waals surface area contributed by atoms with Gasteiger partial charge in [0.25, 0.3) is 0 Å². The number of ether oxygens (including phenoxy) is 2. The van der Waals surface area contributed by atoms with Gasteiger partial charge in [-0.2, -0.15) is 0 Å². The monoisotopic (exact) mass is 427 g/mol. The lowest BCUT2D eigenvalue weighted by molar-refractivity contribution is 0.322. The maximum Gasteiger partial charge on any atom is 0.155 e. The first kappa shape index (κ1) is 16.8. The van der Waals surface area contributed by atoms with Gasteiger partial charge in [0, 0.05) is 0 Å². The van der Waals surface area contributed by atoms with E-state index in [1.54, 1.807) is 7.11 Å². The molecular weight excluding hydrogens is 414 g/mol. The second-order valence-electron chi connectivity index (χ2n) is 4.49. The number of hydrogen-bond donors (Lipinski definition) is 1. The van der Waals surface area contributed by atoms with Crippen LogP contribution >= 0.6 is 31.9 Å². The molecule has 6 heteroatoms. The van der Waals surface area contributed by atoms with Crippen molar-refractivity contribution in [2.45, 2.75) is 13.3 Å². The summed E-state index contributed by atoms with van der Waals surface area (Å²) in [5.41, 5.74) is 1.83. The van der Waals surface area contributed by atoms with Gasteiger partial charge in [-0.25, -0.2) is 0 Å². The molecule has 2 rings (SSSR count). The standard InChI is InChI=1S/C16H15Br2NO3/c1-3-11-8-12(4-5-15(11)21-2)22-16-13(17)6-10(9-19-20)7-14(16)18/h4-9,20H,3H2,1-2H3/b19-9+. The predicted octanol–water partition coefficient (Wildman–Crippen LogP) is 5.38. The lowest BCUT2D eigenvalue weighted by Gasteiger charge is -2.13. The van der Waals surface area contributed by atoms with Gasteiger partial charge in [0.15, 0.2) is 5.75 Å². The summed E-state index contributed by atoms with van der Waals surface area (Å²) in [6.45, 7) is 2.07. The Kier molecular flexibility index (Phi) is 5.85. The summed E-state index contributed by atoms with van der Waals surface area (Å²) in [6.07, 6.45) is 2.20. The van der Waals surface area contributed by atoms with Gasteiger partial charge in [0.2, 0.25) is 0 Å². The molecule has 0 fully saturated rings. The quantitative estimate of drug-likeness (QED) is 0.395. The topological polar surface area (TPSA) is 51.0 Å². The first-order valence-electron chi connectivity index (χ1n) is 6.60. The Morgan fingerprint density at radius 1 is 1.18 bits per heavy atom. The molecule has 0 amide bonds. The molecule has 4 nitrogen and oxygen atoms in total. The van der Waals surface area contributed by atoms with Crippen LogP contribution in [0.1, 0.15) is 18.1 Å². The Labute approximate surface area is 146 Å². The van der Waals surface area contributed by atoms with Gasteiger partial charge in [-0.1, -0.05) is 12.1 Å². The van der Waals surface area contributed by atoms with Crippen molar-refractivity contribution in [3.05, 3.63) is 50.4 Å². The molecule has 0 unspecified atom stereocenters. The molecular formula is C16H15Br2NO3. The van der Waals surface area contributed by atoms with E-state index < -0.39 is 0 Å². The SMILES string of the molecule is CCc1cc(Oc2c(Br)cc(/C=N/O)cc2Br)ccc1OC. The zero-order valence-electron chi connectivity index (χ0n) is 12.1. The van der Waals surface area contributed by atoms with Crippen LogP contribution in [0.2, 0.25) is 0 Å². The number of benzene rings is 2. The fourth-order valence-corrected chi connectivity index (χ4v) is 3.41. The van der Waals surface area contributed by atoms with E-state index in [9.17, 15) is 0 Å². The van der Waals surface area contributed by atoms with Crippen molar-refractivity contribution in [1.82, 2.24) is 0 Å². The van der Waals surface area contributed by atoms with Crippen molar-refractivity contribution in [2.24, 2.45) is 5.16 Å². The highest BCUT2D eigenvalue weighted by Gasteiger charge is 2.11. The first-order chi connectivity index (χ1) is 10.6. The fourth-order valence-electron chi connectivity index (χ4n) is 2.03. The molecule has 0 aliphatic carbocycles. The van der Waals surface area contributed by atoms with Gasteiger partial charge in [-0.3, -0.25) is 0 Å². The summed E-state index contributed by atoms with van der Waals surface area (Å²) in [5, 5.41) is 11.6. The lowest BCUT2D eigenvalue weighted by atomic mass is 10.1. The highest BCUT2D eigenvalue weighted by Crippen LogP contribution is 2.38. The van der Waals surface area contributed by atoms with E-state index in [-0.39, 0.29) is 0 Å². The Balaban J connectivity index is 2.35. The minimum atomic E-state index is 0.655. The number of aryl methyl sites for hydroxylation is 1. The molecule has 0 aliphatic rings. The molecule has 0 atom stereocenters. The minimum absolute atomic E-state index is 0.655. The zero-order chi connectivity index (χ0) is 16.1. The highest BCUT2D eigenvalue weighted by molar-refractivity contribution is 9.11. The lowest BCUT2D eigenvalue weighted by Crippen LogP contribution is -1.94. The minimum Gasteiger partial charge on any atom is -0.496 e. The summed E-state index contributed by atoms with van der Waals surface area (Å²) in [6, 6.07) is 9.33. The van der Waals surface area contributed by atoms with Gasteiger partial charge in [0.05, 0.1) is 22.3 Å². The van der Waals surface area contributed by atoms with E-state index in [0.717, 1.165) is 38.0 Å².